The van der Waals surface area contributed by atoms with E-state index in [0.29, 0.717) is 22.1 Å². The van der Waals surface area contributed by atoms with Crippen LogP contribution in [0.3, 0.4) is 0 Å². The smallest absolute Gasteiger partial charge is 0.274 e. The highest BCUT2D eigenvalue weighted by Crippen LogP contribution is 2.38. The van der Waals surface area contributed by atoms with Crippen molar-refractivity contribution in [1.82, 2.24) is 15.0 Å². The number of piperidine rings is 1. The molecule has 0 unspecified atom stereocenters. The van der Waals surface area contributed by atoms with Crippen LogP contribution in [0.25, 0.3) is 11.0 Å². The summed E-state index contributed by atoms with van der Waals surface area (Å²) in [5.41, 5.74) is 8.79. The lowest BCUT2D eigenvalue weighted by Crippen LogP contribution is -2.43. The molecular formula is C18H18BrClN6O. The maximum atomic E-state index is 12.6. The quantitative estimate of drug-likeness (QED) is 0.568. The number of nitrogens with zero attached hydrogens (tertiary/aromatic N) is 3. The van der Waals surface area contributed by atoms with Crippen molar-refractivity contribution < 1.29 is 4.79 Å². The van der Waals surface area contributed by atoms with Gasteiger partial charge in [-0.25, -0.2) is 9.97 Å². The van der Waals surface area contributed by atoms with Gasteiger partial charge in [0.1, 0.15) is 11.3 Å². The van der Waals surface area contributed by atoms with Gasteiger partial charge in [-0.15, -0.1) is 0 Å². The van der Waals surface area contributed by atoms with Crippen molar-refractivity contribution in [1.29, 1.82) is 0 Å². The number of aromatic amines is 1. The number of rotatable bonds is 3. The van der Waals surface area contributed by atoms with E-state index in [1.807, 2.05) is 0 Å². The van der Waals surface area contributed by atoms with Crippen molar-refractivity contribution >= 4 is 55.8 Å². The third kappa shape index (κ3) is 3.65. The second kappa shape index (κ2) is 7.46. The summed E-state index contributed by atoms with van der Waals surface area (Å²) in [6.07, 6.45) is 7.00. The number of anilines is 2. The normalized spacial score (nSPS) is 17.3. The zero-order valence-corrected chi connectivity index (χ0v) is 16.7. The minimum Gasteiger partial charge on any atom is -0.368 e. The number of carbonyl (C=O) groups is 1. The largest absolute Gasteiger partial charge is 0.368 e. The van der Waals surface area contributed by atoms with Crippen LogP contribution in [0.5, 0.6) is 0 Å². The summed E-state index contributed by atoms with van der Waals surface area (Å²) in [7, 11) is 0. The lowest BCUT2D eigenvalue weighted by atomic mass is 10.1. The zero-order valence-electron chi connectivity index (χ0n) is 14.4. The fraction of sp³-hybridized carbons (Fsp3) is 0.278. The van der Waals surface area contributed by atoms with Crippen LogP contribution in [0, 0.1) is 0 Å². The van der Waals surface area contributed by atoms with Crippen molar-refractivity contribution in [2.75, 3.05) is 23.3 Å². The van der Waals surface area contributed by atoms with E-state index in [2.05, 4.69) is 41.1 Å². The first-order valence-electron chi connectivity index (χ1n) is 8.62. The average Bonchev–Trinajstić information content (AvgIpc) is 3.05. The highest BCUT2D eigenvalue weighted by Gasteiger charge is 2.24. The Morgan fingerprint density at radius 2 is 2.22 bits per heavy atom. The van der Waals surface area contributed by atoms with Crippen LogP contribution in [-0.2, 0) is 0 Å². The lowest BCUT2D eigenvalue weighted by molar-refractivity contribution is 0.102. The molecule has 140 valence electrons. The van der Waals surface area contributed by atoms with Crippen LogP contribution in [-0.4, -0.2) is 40.0 Å². The van der Waals surface area contributed by atoms with E-state index >= 15 is 0 Å². The molecule has 0 spiro atoms. The van der Waals surface area contributed by atoms with Gasteiger partial charge in [0.05, 0.1) is 26.3 Å². The molecule has 3 aromatic heterocycles. The van der Waals surface area contributed by atoms with E-state index in [0.717, 1.165) is 41.5 Å². The van der Waals surface area contributed by atoms with E-state index in [4.69, 9.17) is 17.3 Å². The topological polar surface area (TPSA) is 99.9 Å². The molecular weight excluding hydrogens is 432 g/mol. The maximum absolute atomic E-state index is 12.6. The van der Waals surface area contributed by atoms with Gasteiger partial charge in [0.2, 0.25) is 0 Å². The molecule has 7 nitrogen and oxygen atoms in total. The van der Waals surface area contributed by atoms with E-state index in [9.17, 15) is 4.79 Å². The Kier molecular flexibility index (Phi) is 5.03. The van der Waals surface area contributed by atoms with Crippen molar-refractivity contribution in [3.05, 3.63) is 45.9 Å². The van der Waals surface area contributed by atoms with Crippen molar-refractivity contribution in [3.8, 4) is 0 Å². The number of halogens is 2. The molecule has 27 heavy (non-hydrogen) atoms. The van der Waals surface area contributed by atoms with Gasteiger partial charge in [-0.05, 0) is 40.9 Å². The van der Waals surface area contributed by atoms with Crippen LogP contribution < -0.4 is 16.0 Å². The standard InChI is InChI=1S/C18H18BrClN6O/c19-12-7-23-17-15(16(12)26-5-1-2-11(21)9-26)14(8-24-17)25-18(27)13-4-3-10(20)6-22-13/h3-4,6-8,11H,1-2,5,9,21H2,(H,23,24)(H,25,27)/t11-/m1/s1. The number of H-pyrrole nitrogens is 1. The van der Waals surface area contributed by atoms with Gasteiger partial charge in [0.25, 0.3) is 5.91 Å². The number of fused-ring (bicyclic) bond motifs is 1. The van der Waals surface area contributed by atoms with E-state index < -0.39 is 0 Å². The molecule has 0 radical (unpaired) electrons. The van der Waals surface area contributed by atoms with Gasteiger partial charge in [-0.2, -0.15) is 0 Å². The molecule has 1 aliphatic rings. The number of nitrogens with two attached hydrogens (primary N) is 1. The second-order valence-corrected chi connectivity index (χ2v) is 7.84. The summed E-state index contributed by atoms with van der Waals surface area (Å²) in [4.78, 5) is 26.5. The molecule has 4 heterocycles. The lowest BCUT2D eigenvalue weighted by Gasteiger charge is -2.33. The third-order valence-corrected chi connectivity index (χ3v) is 5.42. The van der Waals surface area contributed by atoms with Gasteiger partial charge >= 0.3 is 0 Å². The number of nitrogens with one attached hydrogen (secondary N) is 2. The molecule has 1 atom stereocenters. The Bertz CT molecular complexity index is 989. The van der Waals surface area contributed by atoms with Gasteiger partial charge in [-0.3, -0.25) is 4.79 Å². The zero-order chi connectivity index (χ0) is 19.0. The Balaban J connectivity index is 1.72. The van der Waals surface area contributed by atoms with Crippen molar-refractivity contribution in [2.24, 2.45) is 5.73 Å². The number of amides is 1. The summed E-state index contributed by atoms with van der Waals surface area (Å²) in [5.74, 6) is -0.311. The molecule has 1 aliphatic heterocycles. The molecule has 3 aromatic rings. The summed E-state index contributed by atoms with van der Waals surface area (Å²) in [5, 5.41) is 4.25. The van der Waals surface area contributed by atoms with Crippen molar-refractivity contribution in [2.45, 2.75) is 18.9 Å². The molecule has 4 rings (SSSR count). The van der Waals surface area contributed by atoms with Gasteiger partial charge in [-0.1, -0.05) is 11.6 Å². The first-order chi connectivity index (χ1) is 13.0. The molecule has 1 amide bonds. The second-order valence-electron chi connectivity index (χ2n) is 6.54. The van der Waals surface area contributed by atoms with Gasteiger partial charge < -0.3 is 20.9 Å². The van der Waals surface area contributed by atoms with E-state index in [1.54, 1.807) is 24.5 Å². The molecule has 0 aliphatic carbocycles. The molecule has 0 saturated carbocycles. The summed E-state index contributed by atoms with van der Waals surface area (Å²) >= 11 is 9.46. The fourth-order valence-corrected chi connectivity index (χ4v) is 4.04. The fourth-order valence-electron chi connectivity index (χ4n) is 3.37. The van der Waals surface area contributed by atoms with Gasteiger partial charge in [0.15, 0.2) is 0 Å². The minimum atomic E-state index is -0.311. The number of aromatic nitrogens is 3. The summed E-state index contributed by atoms with van der Waals surface area (Å²) < 4.78 is 0.865. The Morgan fingerprint density at radius 1 is 1.37 bits per heavy atom. The molecule has 0 bridgehead atoms. The maximum Gasteiger partial charge on any atom is 0.274 e. The number of carbonyl (C=O) groups excluding carboxylic acids is 1. The monoisotopic (exact) mass is 448 g/mol. The Morgan fingerprint density at radius 3 is 2.96 bits per heavy atom. The number of hydrogen-bond acceptors (Lipinski definition) is 5. The van der Waals surface area contributed by atoms with E-state index in [1.165, 1.54) is 6.20 Å². The SMILES string of the molecule is N[C@@H]1CCCN(c2c(Br)cnc3[nH]cc(NC(=O)c4ccc(Cl)cn4)c23)C1. The van der Waals surface area contributed by atoms with Crippen LogP contribution in [0.1, 0.15) is 23.3 Å². The first-order valence-corrected chi connectivity index (χ1v) is 9.79. The van der Waals surface area contributed by atoms with E-state index in [-0.39, 0.29) is 11.9 Å². The number of hydrogen-bond donors (Lipinski definition) is 3. The first kappa shape index (κ1) is 18.2. The molecule has 1 saturated heterocycles. The van der Waals surface area contributed by atoms with Crippen LogP contribution in [0.15, 0.2) is 35.2 Å². The van der Waals surface area contributed by atoms with Crippen LogP contribution >= 0.6 is 27.5 Å². The average molecular weight is 450 g/mol. The Hall–Kier alpha value is -2.16. The highest BCUT2D eigenvalue weighted by atomic mass is 79.9. The summed E-state index contributed by atoms with van der Waals surface area (Å²) in [6.45, 7) is 1.66. The predicted octanol–water partition coefficient (Wildman–Crippen LogP) is 3.55. The highest BCUT2D eigenvalue weighted by molar-refractivity contribution is 9.10. The van der Waals surface area contributed by atoms with Crippen LogP contribution in [0.4, 0.5) is 11.4 Å². The van der Waals surface area contributed by atoms with Crippen LogP contribution in [0.2, 0.25) is 5.02 Å². The summed E-state index contributed by atoms with van der Waals surface area (Å²) in [6, 6.07) is 3.35. The molecule has 9 heteroatoms. The predicted molar refractivity (Wildman–Crippen MR) is 110 cm³/mol. The number of pyridine rings is 2. The molecule has 1 fully saturated rings. The Labute approximate surface area is 169 Å². The molecule has 0 aromatic carbocycles. The minimum absolute atomic E-state index is 0.129. The third-order valence-electron chi connectivity index (χ3n) is 4.61. The van der Waals surface area contributed by atoms with Gasteiger partial charge in [0, 0.05) is 37.7 Å². The van der Waals surface area contributed by atoms with Crippen molar-refractivity contribution in [3.63, 3.8) is 0 Å². The molecule has 4 N–H and O–H groups in total.